The number of fused-ring (bicyclic) bond motifs is 2. The lowest BCUT2D eigenvalue weighted by Gasteiger charge is -2.40. The largest absolute Gasteiger partial charge is 0.146 e. The number of hydrogen-bond donors (Lipinski definition) is 0. The van der Waals surface area contributed by atoms with Crippen molar-refractivity contribution in [3.05, 3.63) is 0 Å². The molecule has 0 atom stereocenters. The summed E-state index contributed by atoms with van der Waals surface area (Å²) in [5.74, 6) is 2.26. The monoisotopic (exact) mass is 393 g/mol. The molecular formula is C25H51BP+. The molecular weight excluding hydrogens is 342 g/mol. The Hall–Kier alpha value is 0.495. The van der Waals surface area contributed by atoms with Gasteiger partial charge in [0.1, 0.15) is 6.71 Å². The first-order chi connectivity index (χ1) is 13.2. The highest BCUT2D eigenvalue weighted by Crippen LogP contribution is 2.61. The molecule has 2 bridgehead atoms. The molecule has 0 amide bonds. The normalized spacial score (nSPS) is 23.0. The fraction of sp³-hybridized carbons (Fsp3) is 1.00. The van der Waals surface area contributed by atoms with Gasteiger partial charge >= 0.3 is 0 Å². The fourth-order valence-corrected chi connectivity index (χ4v) is 11.6. The zero-order valence-corrected chi connectivity index (χ0v) is 20.2. The van der Waals surface area contributed by atoms with E-state index in [9.17, 15) is 0 Å². The highest BCUT2D eigenvalue weighted by Gasteiger charge is 2.38. The van der Waals surface area contributed by atoms with Crippen LogP contribution >= 0.6 is 7.26 Å². The lowest BCUT2D eigenvalue weighted by atomic mass is 9.26. The van der Waals surface area contributed by atoms with Crippen molar-refractivity contribution in [2.45, 2.75) is 135 Å². The molecule has 2 heterocycles. The van der Waals surface area contributed by atoms with Crippen molar-refractivity contribution in [2.75, 3.05) is 24.6 Å². The van der Waals surface area contributed by atoms with E-state index in [0.29, 0.717) is 0 Å². The van der Waals surface area contributed by atoms with Gasteiger partial charge in [-0.15, -0.1) is 0 Å². The predicted octanol–water partition coefficient (Wildman–Crippen LogP) is 9.18. The fourth-order valence-electron chi connectivity index (χ4n) is 6.44. The number of unbranched alkanes of at least 4 members (excludes halogenated alkanes) is 5. The van der Waals surface area contributed by atoms with E-state index in [1.54, 1.807) is 88.8 Å². The summed E-state index contributed by atoms with van der Waals surface area (Å²) in [5, 5.41) is 0. The van der Waals surface area contributed by atoms with Crippen LogP contribution in [0.5, 0.6) is 0 Å². The second kappa shape index (κ2) is 13.7. The van der Waals surface area contributed by atoms with Gasteiger partial charge in [0, 0.05) is 7.26 Å². The highest BCUT2D eigenvalue weighted by molar-refractivity contribution is 7.75. The third-order valence-corrected chi connectivity index (χ3v) is 13.2. The SMILES string of the molecule is CCCC[P+](CCCC)(CCCC)CCCCCB1C2CCCC1CCC2. The molecule has 0 aromatic heterocycles. The molecule has 0 spiro atoms. The van der Waals surface area contributed by atoms with E-state index in [1.165, 1.54) is 38.5 Å². The molecule has 0 N–H and O–H groups in total. The van der Waals surface area contributed by atoms with Crippen molar-refractivity contribution >= 4 is 14.0 Å². The molecule has 27 heavy (non-hydrogen) atoms. The van der Waals surface area contributed by atoms with E-state index < -0.39 is 7.26 Å². The van der Waals surface area contributed by atoms with Crippen LogP contribution in [0.15, 0.2) is 0 Å². The third kappa shape index (κ3) is 8.03. The minimum absolute atomic E-state index is 0.637. The van der Waals surface area contributed by atoms with Gasteiger partial charge < -0.3 is 0 Å². The van der Waals surface area contributed by atoms with E-state index in [4.69, 9.17) is 0 Å². The Balaban J connectivity index is 1.75. The molecule has 2 saturated heterocycles. The van der Waals surface area contributed by atoms with Crippen molar-refractivity contribution in [3.8, 4) is 0 Å². The maximum atomic E-state index is 2.40. The van der Waals surface area contributed by atoms with Crippen LogP contribution in [-0.2, 0) is 0 Å². The van der Waals surface area contributed by atoms with Gasteiger partial charge in [-0.2, -0.15) is 0 Å². The maximum absolute atomic E-state index is 2.40. The Morgan fingerprint density at radius 3 is 1.48 bits per heavy atom. The van der Waals surface area contributed by atoms with Crippen molar-refractivity contribution in [2.24, 2.45) is 0 Å². The number of rotatable bonds is 15. The summed E-state index contributed by atoms with van der Waals surface area (Å²) in [7, 11) is -0.637. The zero-order valence-electron chi connectivity index (χ0n) is 19.3. The highest BCUT2D eigenvalue weighted by atomic mass is 31.2. The summed E-state index contributed by atoms with van der Waals surface area (Å²) >= 11 is 0. The van der Waals surface area contributed by atoms with Gasteiger partial charge in [-0.05, 0) is 25.7 Å². The topological polar surface area (TPSA) is 0 Å². The van der Waals surface area contributed by atoms with Gasteiger partial charge in [0.2, 0.25) is 0 Å². The van der Waals surface area contributed by atoms with Crippen LogP contribution in [0.2, 0.25) is 18.0 Å². The van der Waals surface area contributed by atoms with E-state index >= 15 is 0 Å². The van der Waals surface area contributed by atoms with Crippen LogP contribution in [0.4, 0.5) is 0 Å². The van der Waals surface area contributed by atoms with Crippen LogP contribution < -0.4 is 0 Å². The molecule has 0 unspecified atom stereocenters. The summed E-state index contributed by atoms with van der Waals surface area (Å²) in [6.07, 6.45) is 30.9. The average molecular weight is 393 g/mol. The van der Waals surface area contributed by atoms with Crippen LogP contribution in [0.3, 0.4) is 0 Å². The second-order valence-electron chi connectivity index (χ2n) is 10.2. The molecule has 2 heteroatoms. The summed E-state index contributed by atoms with van der Waals surface area (Å²) < 4.78 is 0. The van der Waals surface area contributed by atoms with Crippen molar-refractivity contribution < 1.29 is 0 Å². The van der Waals surface area contributed by atoms with Crippen molar-refractivity contribution in [1.82, 2.24) is 0 Å². The minimum atomic E-state index is -0.637. The molecule has 0 nitrogen and oxygen atoms in total. The van der Waals surface area contributed by atoms with E-state index in [-0.39, 0.29) is 0 Å². The quantitative estimate of drug-likeness (QED) is 0.148. The Morgan fingerprint density at radius 1 is 0.593 bits per heavy atom. The first-order valence-electron chi connectivity index (χ1n) is 13.1. The molecule has 158 valence electrons. The molecule has 2 fully saturated rings. The Bertz CT molecular complexity index is 326. The van der Waals surface area contributed by atoms with Gasteiger partial charge in [-0.1, -0.05) is 109 Å². The van der Waals surface area contributed by atoms with Crippen molar-refractivity contribution in [1.29, 1.82) is 0 Å². The Morgan fingerprint density at radius 2 is 1.04 bits per heavy atom. The second-order valence-corrected chi connectivity index (χ2v) is 14.7. The molecule has 2 aliphatic heterocycles. The summed E-state index contributed by atoms with van der Waals surface area (Å²) in [4.78, 5) is 0. The summed E-state index contributed by atoms with van der Waals surface area (Å²) in [6, 6.07) is 0. The van der Waals surface area contributed by atoms with Gasteiger partial charge in [0.15, 0.2) is 0 Å². The van der Waals surface area contributed by atoms with Crippen LogP contribution in [0, 0.1) is 0 Å². The molecule has 0 aromatic rings. The average Bonchev–Trinajstić information content (AvgIpc) is 2.68. The van der Waals surface area contributed by atoms with E-state index in [0.717, 1.165) is 18.3 Å². The van der Waals surface area contributed by atoms with E-state index in [2.05, 4.69) is 20.8 Å². The van der Waals surface area contributed by atoms with Gasteiger partial charge in [0.25, 0.3) is 0 Å². The Labute approximate surface area is 173 Å². The van der Waals surface area contributed by atoms with Crippen LogP contribution in [-0.4, -0.2) is 31.4 Å². The van der Waals surface area contributed by atoms with Gasteiger partial charge in [0.05, 0.1) is 24.6 Å². The minimum Gasteiger partial charge on any atom is -0.0737 e. The van der Waals surface area contributed by atoms with Gasteiger partial charge in [-0.3, -0.25) is 0 Å². The smallest absolute Gasteiger partial charge is 0.0737 e. The third-order valence-electron chi connectivity index (χ3n) is 8.14. The zero-order chi connectivity index (χ0) is 19.4. The first-order valence-corrected chi connectivity index (χ1v) is 15.6. The van der Waals surface area contributed by atoms with Crippen molar-refractivity contribution in [3.63, 3.8) is 0 Å². The lowest BCUT2D eigenvalue weighted by Crippen LogP contribution is -2.34. The predicted molar refractivity (Wildman–Crippen MR) is 131 cm³/mol. The standard InChI is InChI=1S/C25H51BP/c1-4-7-20-27(21-8-5-2,22-9-6-3)23-12-10-11-19-26-24-15-13-16-25(26)18-14-17-24/h24-25H,4-23H2,1-3H3/q+1. The molecule has 0 saturated carbocycles. The van der Waals surface area contributed by atoms with Gasteiger partial charge in [-0.25, -0.2) is 0 Å². The van der Waals surface area contributed by atoms with Crippen LogP contribution in [0.1, 0.15) is 117 Å². The summed E-state index contributed by atoms with van der Waals surface area (Å²) in [5.41, 5.74) is 0. The lowest BCUT2D eigenvalue weighted by molar-refractivity contribution is 0.440. The molecule has 2 aliphatic rings. The molecule has 0 aliphatic carbocycles. The van der Waals surface area contributed by atoms with Crippen LogP contribution in [0.25, 0.3) is 0 Å². The maximum Gasteiger partial charge on any atom is 0.146 e. The molecule has 0 aromatic carbocycles. The molecule has 0 radical (unpaired) electrons. The summed E-state index contributed by atoms with van der Waals surface area (Å²) in [6.45, 7) is 8.33. The van der Waals surface area contributed by atoms with E-state index in [1.807, 2.05) is 0 Å². The first kappa shape index (κ1) is 23.8. The molecule has 2 rings (SSSR count). The Kier molecular flexibility index (Phi) is 12.0. The number of hydrogen-bond acceptors (Lipinski definition) is 0.